The Labute approximate surface area is 141 Å². The van der Waals surface area contributed by atoms with Crippen molar-refractivity contribution in [1.29, 1.82) is 0 Å². The highest BCUT2D eigenvalue weighted by Crippen LogP contribution is 2.14. The summed E-state index contributed by atoms with van der Waals surface area (Å²) in [5.41, 5.74) is 2.00. The minimum absolute atomic E-state index is 0.0255. The van der Waals surface area contributed by atoms with Crippen molar-refractivity contribution >= 4 is 17.8 Å². The van der Waals surface area contributed by atoms with E-state index in [9.17, 15) is 14.4 Å². The molecule has 2 heterocycles. The third-order valence-corrected chi connectivity index (χ3v) is 4.27. The van der Waals surface area contributed by atoms with Crippen molar-refractivity contribution in [2.24, 2.45) is 0 Å². The Bertz CT molecular complexity index is 640. The van der Waals surface area contributed by atoms with Gasteiger partial charge in [-0.15, -0.1) is 0 Å². The number of imide groups is 1. The van der Waals surface area contributed by atoms with E-state index in [1.165, 1.54) is 4.90 Å². The van der Waals surface area contributed by atoms with Gasteiger partial charge in [0.2, 0.25) is 5.91 Å². The third-order valence-electron chi connectivity index (χ3n) is 4.27. The van der Waals surface area contributed by atoms with E-state index in [-0.39, 0.29) is 18.2 Å². The molecule has 1 N–H and O–H groups in total. The lowest BCUT2D eigenvalue weighted by atomic mass is 10.1. The number of aromatic nitrogens is 2. The van der Waals surface area contributed by atoms with Crippen molar-refractivity contribution in [2.75, 3.05) is 13.6 Å². The molecule has 0 unspecified atom stereocenters. The highest BCUT2D eigenvalue weighted by atomic mass is 16.2. The van der Waals surface area contributed by atoms with Gasteiger partial charge < -0.3 is 10.2 Å². The number of hydrogen-bond donors (Lipinski definition) is 1. The standard InChI is InChI=1S/C16H25N5O3/c1-5-7-20-15(23)13(18-16(20)24)8-14(22)19(4)10-12-9-17-21(6-2)11(12)3/h9,13H,5-8,10H2,1-4H3,(H,18,24)/t13-/m1/s1. The lowest BCUT2D eigenvalue weighted by Crippen LogP contribution is -2.37. The maximum absolute atomic E-state index is 12.4. The minimum atomic E-state index is -0.765. The van der Waals surface area contributed by atoms with Gasteiger partial charge >= 0.3 is 6.03 Å². The Hall–Kier alpha value is -2.38. The average molecular weight is 335 g/mol. The summed E-state index contributed by atoms with van der Waals surface area (Å²) in [7, 11) is 1.69. The zero-order valence-electron chi connectivity index (χ0n) is 14.7. The van der Waals surface area contributed by atoms with E-state index in [1.807, 2.05) is 25.5 Å². The number of urea groups is 1. The van der Waals surface area contributed by atoms with E-state index in [2.05, 4.69) is 10.4 Å². The third kappa shape index (κ3) is 3.58. The molecule has 132 valence electrons. The predicted molar refractivity (Wildman–Crippen MR) is 88.1 cm³/mol. The molecular formula is C16H25N5O3. The Morgan fingerprint density at radius 3 is 2.67 bits per heavy atom. The van der Waals surface area contributed by atoms with Crippen LogP contribution in [-0.4, -0.2) is 57.1 Å². The summed E-state index contributed by atoms with van der Waals surface area (Å²) in [6.07, 6.45) is 2.43. The maximum atomic E-state index is 12.4. The Morgan fingerprint density at radius 2 is 2.08 bits per heavy atom. The monoisotopic (exact) mass is 335 g/mol. The van der Waals surface area contributed by atoms with Crippen LogP contribution in [0.25, 0.3) is 0 Å². The van der Waals surface area contributed by atoms with Gasteiger partial charge in [-0.25, -0.2) is 4.79 Å². The molecule has 0 aromatic carbocycles. The van der Waals surface area contributed by atoms with Crippen LogP contribution in [0.4, 0.5) is 4.79 Å². The topological polar surface area (TPSA) is 87.5 Å². The molecule has 1 aromatic rings. The van der Waals surface area contributed by atoms with Crippen LogP contribution in [0.5, 0.6) is 0 Å². The van der Waals surface area contributed by atoms with Crippen LogP contribution in [0.15, 0.2) is 6.20 Å². The number of carbonyl (C=O) groups is 3. The molecule has 0 aliphatic carbocycles. The maximum Gasteiger partial charge on any atom is 0.324 e. The van der Waals surface area contributed by atoms with Crippen molar-refractivity contribution in [2.45, 2.75) is 52.7 Å². The van der Waals surface area contributed by atoms with Crippen LogP contribution in [0.2, 0.25) is 0 Å². The van der Waals surface area contributed by atoms with Gasteiger partial charge in [-0.2, -0.15) is 5.10 Å². The summed E-state index contributed by atoms with van der Waals surface area (Å²) < 4.78 is 1.87. The second-order valence-electron chi connectivity index (χ2n) is 6.02. The molecule has 0 bridgehead atoms. The molecule has 0 saturated carbocycles. The molecule has 1 aromatic heterocycles. The van der Waals surface area contributed by atoms with Gasteiger partial charge in [0.15, 0.2) is 0 Å². The van der Waals surface area contributed by atoms with Crippen LogP contribution in [0.3, 0.4) is 0 Å². The summed E-state index contributed by atoms with van der Waals surface area (Å²) in [5.74, 6) is -0.505. The molecular weight excluding hydrogens is 310 g/mol. The summed E-state index contributed by atoms with van der Waals surface area (Å²) in [4.78, 5) is 39.1. The molecule has 1 fully saturated rings. The smallest absolute Gasteiger partial charge is 0.324 e. The van der Waals surface area contributed by atoms with Crippen LogP contribution >= 0.6 is 0 Å². The first-order chi connectivity index (χ1) is 11.4. The van der Waals surface area contributed by atoms with E-state index < -0.39 is 12.1 Å². The zero-order chi connectivity index (χ0) is 17.9. The number of rotatable bonds is 7. The number of carbonyl (C=O) groups excluding carboxylic acids is 3. The van der Waals surface area contributed by atoms with Crippen molar-refractivity contribution in [1.82, 2.24) is 24.9 Å². The average Bonchev–Trinajstić information content (AvgIpc) is 3.02. The van der Waals surface area contributed by atoms with Gasteiger partial charge in [-0.05, 0) is 20.3 Å². The predicted octanol–water partition coefficient (Wildman–Crippen LogP) is 0.890. The number of hydrogen-bond acceptors (Lipinski definition) is 4. The molecule has 0 radical (unpaired) electrons. The zero-order valence-corrected chi connectivity index (χ0v) is 14.7. The van der Waals surface area contributed by atoms with Crippen molar-refractivity contribution in [3.05, 3.63) is 17.5 Å². The second kappa shape index (κ2) is 7.46. The summed E-state index contributed by atoms with van der Waals surface area (Å²) in [6.45, 7) is 7.45. The van der Waals surface area contributed by atoms with E-state index in [1.54, 1.807) is 18.1 Å². The number of nitrogens with one attached hydrogen (secondary N) is 1. The fourth-order valence-corrected chi connectivity index (χ4v) is 2.78. The molecule has 4 amide bonds. The van der Waals surface area contributed by atoms with Crippen molar-refractivity contribution < 1.29 is 14.4 Å². The Morgan fingerprint density at radius 1 is 1.38 bits per heavy atom. The van der Waals surface area contributed by atoms with E-state index in [4.69, 9.17) is 0 Å². The van der Waals surface area contributed by atoms with Gasteiger partial charge in [-0.3, -0.25) is 19.2 Å². The summed E-state index contributed by atoms with van der Waals surface area (Å²) in [6, 6.07) is -1.18. The number of nitrogens with zero attached hydrogens (tertiary/aromatic N) is 4. The van der Waals surface area contributed by atoms with Gasteiger partial charge in [0.25, 0.3) is 5.91 Å². The molecule has 1 aliphatic rings. The molecule has 1 atom stereocenters. The Balaban J connectivity index is 1.95. The number of amides is 4. The van der Waals surface area contributed by atoms with Gasteiger partial charge in [0.05, 0.1) is 12.6 Å². The SMILES string of the molecule is CCCN1C(=O)N[C@H](CC(=O)N(C)Cc2cnn(CC)c2C)C1=O. The first kappa shape index (κ1) is 18.0. The summed E-state index contributed by atoms with van der Waals surface area (Å²) in [5, 5.41) is 6.85. The highest BCUT2D eigenvalue weighted by molar-refractivity contribution is 6.05. The lowest BCUT2D eigenvalue weighted by molar-refractivity contribution is -0.135. The van der Waals surface area contributed by atoms with Crippen molar-refractivity contribution in [3.8, 4) is 0 Å². The van der Waals surface area contributed by atoms with Gasteiger partial charge in [-0.1, -0.05) is 6.92 Å². The normalized spacial score (nSPS) is 17.3. The van der Waals surface area contributed by atoms with Gasteiger partial charge in [0, 0.05) is 37.9 Å². The van der Waals surface area contributed by atoms with Crippen LogP contribution in [-0.2, 0) is 22.7 Å². The van der Waals surface area contributed by atoms with E-state index >= 15 is 0 Å². The Kier molecular flexibility index (Phi) is 5.58. The largest absolute Gasteiger partial charge is 0.341 e. The van der Waals surface area contributed by atoms with Crippen molar-refractivity contribution in [3.63, 3.8) is 0 Å². The van der Waals surface area contributed by atoms with E-state index in [0.29, 0.717) is 19.5 Å². The van der Waals surface area contributed by atoms with Gasteiger partial charge in [0.1, 0.15) is 6.04 Å². The second-order valence-corrected chi connectivity index (χ2v) is 6.02. The van der Waals surface area contributed by atoms with Crippen LogP contribution in [0, 0.1) is 6.92 Å². The van der Waals surface area contributed by atoms with E-state index in [0.717, 1.165) is 17.8 Å². The molecule has 8 nitrogen and oxygen atoms in total. The lowest BCUT2D eigenvalue weighted by Gasteiger charge is -2.18. The fraction of sp³-hybridized carbons (Fsp3) is 0.625. The fourth-order valence-electron chi connectivity index (χ4n) is 2.78. The molecule has 24 heavy (non-hydrogen) atoms. The quantitative estimate of drug-likeness (QED) is 0.750. The number of aryl methyl sites for hydroxylation is 1. The molecule has 1 saturated heterocycles. The molecule has 2 rings (SSSR count). The van der Waals surface area contributed by atoms with Crippen LogP contribution in [0.1, 0.15) is 37.9 Å². The van der Waals surface area contributed by atoms with Crippen LogP contribution < -0.4 is 5.32 Å². The highest BCUT2D eigenvalue weighted by Gasteiger charge is 2.38. The summed E-state index contributed by atoms with van der Waals surface area (Å²) >= 11 is 0. The minimum Gasteiger partial charge on any atom is -0.341 e. The molecule has 0 spiro atoms. The first-order valence-corrected chi connectivity index (χ1v) is 8.26. The molecule has 8 heteroatoms. The molecule has 1 aliphatic heterocycles. The first-order valence-electron chi connectivity index (χ1n) is 8.26.